The maximum Gasteiger partial charge on any atom is 0.240 e. The second kappa shape index (κ2) is 8.99. The molecule has 2 aromatic rings. The molecular weight excluding hydrogens is 338 g/mol. The van der Waals surface area contributed by atoms with E-state index in [-0.39, 0.29) is 11.4 Å². The smallest absolute Gasteiger partial charge is 0.240 e. The highest BCUT2D eigenvalue weighted by molar-refractivity contribution is 7.89. The first-order chi connectivity index (χ1) is 11.9. The quantitative estimate of drug-likeness (QED) is 0.718. The molecule has 1 atom stereocenters. The Morgan fingerprint density at radius 2 is 1.68 bits per heavy atom. The third-order valence-electron chi connectivity index (χ3n) is 3.54. The Kier molecular flexibility index (Phi) is 6.99. The van der Waals surface area contributed by atoms with Crippen LogP contribution in [0.5, 0.6) is 5.75 Å². The van der Waals surface area contributed by atoms with Gasteiger partial charge in [-0.15, -0.1) is 0 Å². The highest BCUT2D eigenvalue weighted by atomic mass is 32.2. The van der Waals surface area contributed by atoms with E-state index in [2.05, 4.69) is 4.72 Å². The Balaban J connectivity index is 1.90. The number of sulfonamides is 1. The SMILES string of the molecule is CC(C)COc1ccc(S(=O)(=O)NCC(O)Cc2ccccc2)cc1. The van der Waals surface area contributed by atoms with Crippen LogP contribution >= 0.6 is 0 Å². The van der Waals surface area contributed by atoms with E-state index in [1.165, 1.54) is 12.1 Å². The summed E-state index contributed by atoms with van der Waals surface area (Å²) in [6.45, 7) is 4.63. The molecule has 0 amide bonds. The summed E-state index contributed by atoms with van der Waals surface area (Å²) in [6.07, 6.45) is -0.392. The average Bonchev–Trinajstić information content (AvgIpc) is 2.59. The second-order valence-electron chi connectivity index (χ2n) is 6.37. The molecule has 0 aliphatic heterocycles. The molecule has 0 spiro atoms. The Bertz CT molecular complexity index is 743. The van der Waals surface area contributed by atoms with Gasteiger partial charge in [-0.05, 0) is 42.2 Å². The maximum absolute atomic E-state index is 12.3. The van der Waals surface area contributed by atoms with Gasteiger partial charge in [-0.2, -0.15) is 0 Å². The molecule has 25 heavy (non-hydrogen) atoms. The number of aliphatic hydroxyl groups excluding tert-OH is 1. The van der Waals surface area contributed by atoms with E-state index in [0.29, 0.717) is 24.7 Å². The molecular formula is C19H25NO4S. The predicted octanol–water partition coefficient (Wildman–Crippen LogP) is 2.60. The number of hydrogen-bond acceptors (Lipinski definition) is 4. The summed E-state index contributed by atoms with van der Waals surface area (Å²) in [7, 11) is -3.66. The van der Waals surface area contributed by atoms with E-state index >= 15 is 0 Å². The molecule has 2 N–H and O–H groups in total. The van der Waals surface area contributed by atoms with Crippen LogP contribution in [0.1, 0.15) is 19.4 Å². The van der Waals surface area contributed by atoms with Crippen molar-refractivity contribution in [2.24, 2.45) is 5.92 Å². The Hall–Kier alpha value is -1.89. The van der Waals surface area contributed by atoms with Crippen LogP contribution in [0.15, 0.2) is 59.5 Å². The standard InChI is InChI=1S/C19H25NO4S/c1-15(2)14-24-18-8-10-19(11-9-18)25(22,23)20-13-17(21)12-16-6-4-3-5-7-16/h3-11,15,17,20-21H,12-14H2,1-2H3. The molecule has 0 fully saturated rings. The minimum absolute atomic E-state index is 0.0389. The van der Waals surface area contributed by atoms with Crippen molar-refractivity contribution in [1.29, 1.82) is 0 Å². The van der Waals surface area contributed by atoms with Crippen LogP contribution in [0.4, 0.5) is 0 Å². The summed E-state index contributed by atoms with van der Waals surface area (Å²) in [5, 5.41) is 10.0. The summed E-state index contributed by atoms with van der Waals surface area (Å²) < 4.78 is 32.6. The molecule has 0 saturated heterocycles. The van der Waals surface area contributed by atoms with E-state index < -0.39 is 16.1 Å². The average molecular weight is 363 g/mol. The normalized spacial score (nSPS) is 13.0. The van der Waals surface area contributed by atoms with Gasteiger partial charge in [0, 0.05) is 6.54 Å². The zero-order valence-electron chi connectivity index (χ0n) is 14.6. The van der Waals surface area contributed by atoms with Gasteiger partial charge < -0.3 is 9.84 Å². The van der Waals surface area contributed by atoms with Gasteiger partial charge >= 0.3 is 0 Å². The van der Waals surface area contributed by atoms with Crippen molar-refractivity contribution in [3.63, 3.8) is 0 Å². The summed E-state index contributed by atoms with van der Waals surface area (Å²) in [5.74, 6) is 1.04. The lowest BCUT2D eigenvalue weighted by Gasteiger charge is -2.13. The van der Waals surface area contributed by atoms with Crippen LogP contribution in [0.3, 0.4) is 0 Å². The topological polar surface area (TPSA) is 75.6 Å². The Labute approximate surface area is 149 Å². The molecule has 1 unspecified atom stereocenters. The molecule has 0 radical (unpaired) electrons. The van der Waals surface area contributed by atoms with Gasteiger partial charge in [0.25, 0.3) is 0 Å². The predicted molar refractivity (Wildman–Crippen MR) is 98.1 cm³/mol. The lowest BCUT2D eigenvalue weighted by molar-refractivity contribution is 0.179. The number of rotatable bonds is 9. The third kappa shape index (κ3) is 6.49. The van der Waals surface area contributed by atoms with Crippen LogP contribution in [0.2, 0.25) is 0 Å². The molecule has 2 rings (SSSR count). The van der Waals surface area contributed by atoms with E-state index in [1.54, 1.807) is 12.1 Å². The molecule has 0 heterocycles. The molecule has 0 saturated carbocycles. The summed E-state index contributed by atoms with van der Waals surface area (Å²) in [4.78, 5) is 0.149. The van der Waals surface area contributed by atoms with Gasteiger partial charge in [-0.25, -0.2) is 13.1 Å². The van der Waals surface area contributed by atoms with Crippen molar-refractivity contribution >= 4 is 10.0 Å². The molecule has 0 aliphatic carbocycles. The van der Waals surface area contributed by atoms with Crippen LogP contribution in [0.25, 0.3) is 0 Å². The van der Waals surface area contributed by atoms with Gasteiger partial charge in [-0.3, -0.25) is 0 Å². The molecule has 6 heteroatoms. The first kappa shape index (κ1) is 19.4. The molecule has 0 aliphatic rings. The lowest BCUT2D eigenvalue weighted by Crippen LogP contribution is -2.33. The van der Waals surface area contributed by atoms with E-state index in [4.69, 9.17) is 4.74 Å². The van der Waals surface area contributed by atoms with Crippen molar-refractivity contribution in [3.05, 3.63) is 60.2 Å². The summed E-state index contributed by atoms with van der Waals surface area (Å²) in [6, 6.07) is 15.7. The molecule has 0 bridgehead atoms. The number of benzene rings is 2. The van der Waals surface area contributed by atoms with Crippen molar-refractivity contribution in [3.8, 4) is 5.75 Å². The molecule has 5 nitrogen and oxygen atoms in total. The van der Waals surface area contributed by atoms with Crippen molar-refractivity contribution in [2.75, 3.05) is 13.2 Å². The van der Waals surface area contributed by atoms with Gasteiger partial charge in [0.2, 0.25) is 10.0 Å². The van der Waals surface area contributed by atoms with Crippen LogP contribution in [-0.4, -0.2) is 32.8 Å². The van der Waals surface area contributed by atoms with E-state index in [1.807, 2.05) is 44.2 Å². The summed E-state index contributed by atoms with van der Waals surface area (Å²) >= 11 is 0. The van der Waals surface area contributed by atoms with E-state index in [0.717, 1.165) is 5.56 Å². The van der Waals surface area contributed by atoms with Gasteiger partial charge in [0.05, 0.1) is 17.6 Å². The van der Waals surface area contributed by atoms with Crippen molar-refractivity contribution < 1.29 is 18.3 Å². The largest absolute Gasteiger partial charge is 0.493 e. The van der Waals surface area contributed by atoms with Gasteiger partial charge in [0.1, 0.15) is 5.75 Å². The van der Waals surface area contributed by atoms with Gasteiger partial charge in [-0.1, -0.05) is 44.2 Å². The minimum Gasteiger partial charge on any atom is -0.493 e. The first-order valence-corrected chi connectivity index (χ1v) is 9.79. The third-order valence-corrected chi connectivity index (χ3v) is 4.98. The molecule has 136 valence electrons. The molecule has 0 aromatic heterocycles. The number of nitrogens with one attached hydrogen (secondary N) is 1. The highest BCUT2D eigenvalue weighted by Crippen LogP contribution is 2.16. The van der Waals surface area contributed by atoms with Gasteiger partial charge in [0.15, 0.2) is 0 Å². The Morgan fingerprint density at radius 3 is 2.28 bits per heavy atom. The first-order valence-electron chi connectivity index (χ1n) is 8.31. The second-order valence-corrected chi connectivity index (χ2v) is 8.14. The van der Waals surface area contributed by atoms with Crippen molar-refractivity contribution in [2.45, 2.75) is 31.3 Å². The fourth-order valence-electron chi connectivity index (χ4n) is 2.23. The zero-order valence-corrected chi connectivity index (χ0v) is 15.4. The van der Waals surface area contributed by atoms with Crippen LogP contribution < -0.4 is 9.46 Å². The molecule has 2 aromatic carbocycles. The maximum atomic E-state index is 12.3. The number of aliphatic hydroxyl groups is 1. The van der Waals surface area contributed by atoms with Crippen molar-refractivity contribution in [1.82, 2.24) is 4.72 Å². The minimum atomic E-state index is -3.66. The fourth-order valence-corrected chi connectivity index (χ4v) is 3.30. The monoisotopic (exact) mass is 363 g/mol. The fraction of sp³-hybridized carbons (Fsp3) is 0.368. The highest BCUT2D eigenvalue weighted by Gasteiger charge is 2.16. The summed E-state index contributed by atoms with van der Waals surface area (Å²) in [5.41, 5.74) is 0.959. The lowest BCUT2D eigenvalue weighted by atomic mass is 10.1. The Morgan fingerprint density at radius 1 is 1.04 bits per heavy atom. The number of hydrogen-bond donors (Lipinski definition) is 2. The van der Waals surface area contributed by atoms with E-state index in [9.17, 15) is 13.5 Å². The van der Waals surface area contributed by atoms with Crippen LogP contribution in [-0.2, 0) is 16.4 Å². The number of ether oxygens (including phenoxy) is 1. The zero-order chi connectivity index (χ0) is 18.3. The van der Waals surface area contributed by atoms with Crippen LogP contribution in [0, 0.1) is 5.92 Å².